The standard InChI is InChI=1S/C22H26BNO2/c1-21(2)22(3,4)26-23(25-21)20-18(15-16-11-7-6-8-12-16)17-13-9-10-14-19(17)24(20)5/h6-14H,15H2,1-5H3. The van der Waals surface area contributed by atoms with Crippen LogP contribution in [0.15, 0.2) is 54.6 Å². The van der Waals surface area contributed by atoms with Crippen LogP contribution in [0.4, 0.5) is 0 Å². The van der Waals surface area contributed by atoms with E-state index < -0.39 is 0 Å². The lowest BCUT2D eigenvalue weighted by atomic mass is 9.79. The molecule has 0 aliphatic carbocycles. The Hall–Kier alpha value is -2.04. The smallest absolute Gasteiger partial charge is 0.398 e. The first-order chi connectivity index (χ1) is 12.3. The maximum absolute atomic E-state index is 6.40. The molecule has 26 heavy (non-hydrogen) atoms. The van der Waals surface area contributed by atoms with Gasteiger partial charge in [0.1, 0.15) is 0 Å². The lowest BCUT2D eigenvalue weighted by Crippen LogP contribution is -2.41. The van der Waals surface area contributed by atoms with Gasteiger partial charge in [0.2, 0.25) is 0 Å². The molecule has 134 valence electrons. The van der Waals surface area contributed by atoms with Crippen LogP contribution in [0.25, 0.3) is 10.9 Å². The summed E-state index contributed by atoms with van der Waals surface area (Å²) in [4.78, 5) is 0. The van der Waals surface area contributed by atoms with Crippen molar-refractivity contribution in [3.05, 3.63) is 65.7 Å². The highest BCUT2D eigenvalue weighted by atomic mass is 16.7. The quantitative estimate of drug-likeness (QED) is 0.667. The van der Waals surface area contributed by atoms with E-state index in [1.54, 1.807) is 0 Å². The molecule has 3 aromatic rings. The van der Waals surface area contributed by atoms with E-state index in [0.29, 0.717) is 0 Å². The molecule has 4 rings (SSSR count). The topological polar surface area (TPSA) is 23.4 Å². The molecule has 0 unspecified atom stereocenters. The van der Waals surface area contributed by atoms with E-state index in [2.05, 4.69) is 93.9 Å². The normalized spacial score (nSPS) is 18.6. The molecule has 0 bridgehead atoms. The summed E-state index contributed by atoms with van der Waals surface area (Å²) in [6, 6.07) is 19.1. The third kappa shape index (κ3) is 2.68. The average molecular weight is 347 g/mol. The van der Waals surface area contributed by atoms with Gasteiger partial charge in [-0.15, -0.1) is 0 Å². The fourth-order valence-electron chi connectivity index (χ4n) is 3.73. The third-order valence-electron chi connectivity index (χ3n) is 5.96. The van der Waals surface area contributed by atoms with Crippen LogP contribution < -0.4 is 5.59 Å². The van der Waals surface area contributed by atoms with E-state index in [1.807, 2.05) is 0 Å². The largest absolute Gasteiger partial charge is 0.512 e. The van der Waals surface area contributed by atoms with E-state index in [-0.39, 0.29) is 18.3 Å². The Morgan fingerprint density at radius 3 is 2.08 bits per heavy atom. The van der Waals surface area contributed by atoms with Crippen molar-refractivity contribution in [3.63, 3.8) is 0 Å². The number of benzene rings is 2. The van der Waals surface area contributed by atoms with Crippen LogP contribution in [-0.4, -0.2) is 22.9 Å². The Morgan fingerprint density at radius 1 is 0.846 bits per heavy atom. The Morgan fingerprint density at radius 2 is 1.42 bits per heavy atom. The molecule has 0 radical (unpaired) electrons. The second kappa shape index (κ2) is 6.00. The highest BCUT2D eigenvalue weighted by Gasteiger charge is 2.53. The number of rotatable bonds is 3. The van der Waals surface area contributed by atoms with Gasteiger partial charge in [-0.3, -0.25) is 0 Å². The van der Waals surface area contributed by atoms with E-state index >= 15 is 0 Å². The van der Waals surface area contributed by atoms with Gasteiger partial charge < -0.3 is 13.9 Å². The molecular formula is C22H26BNO2. The van der Waals surface area contributed by atoms with Gasteiger partial charge in [0.05, 0.1) is 16.8 Å². The zero-order chi connectivity index (χ0) is 18.5. The molecule has 0 amide bonds. The van der Waals surface area contributed by atoms with Gasteiger partial charge in [-0.1, -0.05) is 48.5 Å². The zero-order valence-electron chi connectivity index (χ0n) is 16.2. The van der Waals surface area contributed by atoms with E-state index in [1.165, 1.54) is 22.0 Å². The lowest BCUT2D eigenvalue weighted by molar-refractivity contribution is 0.00578. The second-order valence-electron chi connectivity index (χ2n) is 8.19. The van der Waals surface area contributed by atoms with Crippen molar-refractivity contribution in [3.8, 4) is 0 Å². The van der Waals surface area contributed by atoms with E-state index in [0.717, 1.165) is 12.0 Å². The number of hydrogen-bond donors (Lipinski definition) is 0. The second-order valence-corrected chi connectivity index (χ2v) is 8.19. The van der Waals surface area contributed by atoms with Crippen LogP contribution in [0, 0.1) is 0 Å². The van der Waals surface area contributed by atoms with Crippen LogP contribution in [0.1, 0.15) is 38.8 Å². The van der Waals surface area contributed by atoms with Crippen molar-refractivity contribution in [1.29, 1.82) is 0 Å². The van der Waals surface area contributed by atoms with Crippen molar-refractivity contribution in [2.24, 2.45) is 7.05 Å². The Labute approximate surface area is 156 Å². The first-order valence-corrected chi connectivity index (χ1v) is 9.26. The predicted molar refractivity (Wildman–Crippen MR) is 108 cm³/mol. The molecule has 0 atom stereocenters. The highest BCUT2D eigenvalue weighted by Crippen LogP contribution is 2.37. The van der Waals surface area contributed by atoms with Gasteiger partial charge in [0, 0.05) is 18.0 Å². The number of nitrogens with zero attached hydrogens (tertiary/aromatic N) is 1. The fourth-order valence-corrected chi connectivity index (χ4v) is 3.73. The molecule has 4 heteroatoms. The van der Waals surface area contributed by atoms with E-state index in [9.17, 15) is 0 Å². The maximum atomic E-state index is 6.40. The Kier molecular flexibility index (Phi) is 4.01. The van der Waals surface area contributed by atoms with Crippen LogP contribution >= 0.6 is 0 Å². The highest BCUT2D eigenvalue weighted by molar-refractivity contribution is 6.62. The SMILES string of the molecule is Cn1c(B2OC(C)(C)C(C)(C)O2)c(Cc2ccccc2)c2ccccc21. The molecule has 2 heterocycles. The molecule has 2 aromatic carbocycles. The minimum absolute atomic E-state index is 0.349. The summed E-state index contributed by atoms with van der Waals surface area (Å²) in [7, 11) is 1.74. The Bertz CT molecular complexity index is 927. The summed E-state index contributed by atoms with van der Waals surface area (Å²) in [5.74, 6) is 0. The number of aryl methyl sites for hydroxylation is 1. The summed E-state index contributed by atoms with van der Waals surface area (Å²) >= 11 is 0. The van der Waals surface area contributed by atoms with Gasteiger partial charge >= 0.3 is 7.12 Å². The molecule has 3 nitrogen and oxygen atoms in total. The van der Waals surface area contributed by atoms with Crippen LogP contribution in [0.3, 0.4) is 0 Å². The Balaban J connectivity index is 1.86. The van der Waals surface area contributed by atoms with Crippen LogP contribution in [0.2, 0.25) is 0 Å². The average Bonchev–Trinajstić information content (AvgIpc) is 2.99. The number of para-hydroxylation sites is 1. The van der Waals surface area contributed by atoms with Crippen molar-refractivity contribution in [2.75, 3.05) is 0 Å². The monoisotopic (exact) mass is 347 g/mol. The maximum Gasteiger partial charge on any atom is 0.512 e. The molecule has 1 saturated heterocycles. The summed E-state index contributed by atoms with van der Waals surface area (Å²) in [5.41, 5.74) is 4.21. The van der Waals surface area contributed by atoms with E-state index in [4.69, 9.17) is 9.31 Å². The van der Waals surface area contributed by atoms with Crippen LogP contribution in [0.5, 0.6) is 0 Å². The molecule has 1 aliphatic rings. The molecule has 1 aliphatic heterocycles. The lowest BCUT2D eigenvalue weighted by Gasteiger charge is -2.32. The molecule has 0 saturated carbocycles. The van der Waals surface area contributed by atoms with Gasteiger partial charge in [-0.05, 0) is 51.3 Å². The summed E-state index contributed by atoms with van der Waals surface area (Å²) < 4.78 is 15.0. The molecule has 0 spiro atoms. The summed E-state index contributed by atoms with van der Waals surface area (Å²) in [5, 5.41) is 1.27. The third-order valence-corrected chi connectivity index (χ3v) is 5.96. The first kappa shape index (κ1) is 17.4. The minimum Gasteiger partial charge on any atom is -0.398 e. The van der Waals surface area contributed by atoms with Crippen molar-refractivity contribution >= 4 is 23.6 Å². The fraction of sp³-hybridized carbons (Fsp3) is 0.364. The summed E-state index contributed by atoms with van der Waals surface area (Å²) in [6.45, 7) is 8.41. The van der Waals surface area contributed by atoms with Crippen molar-refractivity contribution in [2.45, 2.75) is 45.3 Å². The number of fused-ring (bicyclic) bond motifs is 1. The molecule has 1 aromatic heterocycles. The molecule has 0 N–H and O–H groups in total. The number of hydrogen-bond acceptors (Lipinski definition) is 2. The van der Waals surface area contributed by atoms with Crippen molar-refractivity contribution in [1.82, 2.24) is 4.57 Å². The molecule has 1 fully saturated rings. The number of aromatic nitrogens is 1. The summed E-state index contributed by atoms with van der Waals surface area (Å²) in [6.07, 6.45) is 0.863. The first-order valence-electron chi connectivity index (χ1n) is 9.26. The zero-order valence-corrected chi connectivity index (χ0v) is 16.2. The van der Waals surface area contributed by atoms with Crippen LogP contribution in [-0.2, 0) is 22.8 Å². The van der Waals surface area contributed by atoms with Gasteiger partial charge in [0.15, 0.2) is 0 Å². The predicted octanol–water partition coefficient (Wildman–Crippen LogP) is 4.07. The van der Waals surface area contributed by atoms with Gasteiger partial charge in [-0.2, -0.15) is 0 Å². The molecular weight excluding hydrogens is 321 g/mol. The van der Waals surface area contributed by atoms with Gasteiger partial charge in [0.25, 0.3) is 0 Å². The van der Waals surface area contributed by atoms with Crippen molar-refractivity contribution < 1.29 is 9.31 Å². The van der Waals surface area contributed by atoms with Gasteiger partial charge in [-0.25, -0.2) is 0 Å². The minimum atomic E-state index is -0.365.